The van der Waals surface area contributed by atoms with Crippen molar-refractivity contribution in [2.45, 2.75) is 38.5 Å². The van der Waals surface area contributed by atoms with Crippen LogP contribution in [0.5, 0.6) is 0 Å². The first kappa shape index (κ1) is 15.1. The first-order chi connectivity index (χ1) is 8.27. The predicted molar refractivity (Wildman–Crippen MR) is 69.1 cm³/mol. The van der Waals surface area contributed by atoms with Gasteiger partial charge in [0.1, 0.15) is 5.01 Å². The van der Waals surface area contributed by atoms with E-state index in [1.54, 1.807) is 13.1 Å². The van der Waals surface area contributed by atoms with Gasteiger partial charge in [0.2, 0.25) is 10.0 Å². The second-order valence-corrected chi connectivity index (χ2v) is 7.06. The van der Waals surface area contributed by atoms with Crippen LogP contribution in [-0.2, 0) is 21.2 Å². The molecule has 0 aliphatic carbocycles. The quantitative estimate of drug-likeness (QED) is 0.820. The van der Waals surface area contributed by atoms with E-state index in [2.05, 4.69) is 9.71 Å². The summed E-state index contributed by atoms with van der Waals surface area (Å²) in [4.78, 5) is 15.9. The number of aromatic nitrogens is 1. The Morgan fingerprint density at radius 3 is 2.61 bits per heavy atom. The standard InChI is InChI=1S/C10H16N2O4S2/c1-4-8-5-11-9(17-8)6(2)12-18(15,16)7(3)10(13)14/h5-7,12H,4H2,1-3H3,(H,13,14). The van der Waals surface area contributed by atoms with Gasteiger partial charge in [0.25, 0.3) is 0 Å². The van der Waals surface area contributed by atoms with Gasteiger partial charge in [-0.3, -0.25) is 4.79 Å². The molecule has 0 aliphatic rings. The third kappa shape index (κ3) is 3.50. The lowest BCUT2D eigenvalue weighted by atomic mass is 10.4. The number of aliphatic carboxylic acids is 1. The maximum atomic E-state index is 11.7. The fourth-order valence-electron chi connectivity index (χ4n) is 1.22. The summed E-state index contributed by atoms with van der Waals surface area (Å²) in [6.45, 7) is 4.76. The minimum atomic E-state index is -3.89. The molecule has 102 valence electrons. The van der Waals surface area contributed by atoms with Crippen LogP contribution in [0.2, 0.25) is 0 Å². The molecule has 1 rings (SSSR count). The number of carboxylic acid groups (broad SMARTS) is 1. The van der Waals surface area contributed by atoms with Crippen molar-refractivity contribution in [2.75, 3.05) is 0 Å². The van der Waals surface area contributed by atoms with Crippen molar-refractivity contribution in [1.29, 1.82) is 0 Å². The van der Waals surface area contributed by atoms with Crippen LogP contribution in [-0.4, -0.2) is 29.7 Å². The maximum Gasteiger partial charge on any atom is 0.323 e. The number of carboxylic acids is 1. The molecule has 0 amide bonds. The van der Waals surface area contributed by atoms with Gasteiger partial charge < -0.3 is 5.11 Å². The Morgan fingerprint density at radius 1 is 1.56 bits per heavy atom. The highest BCUT2D eigenvalue weighted by molar-refractivity contribution is 7.90. The zero-order chi connectivity index (χ0) is 13.9. The first-order valence-electron chi connectivity index (χ1n) is 5.46. The molecular formula is C10H16N2O4S2. The maximum absolute atomic E-state index is 11.7. The lowest BCUT2D eigenvalue weighted by molar-refractivity contribution is -0.136. The van der Waals surface area contributed by atoms with Crippen molar-refractivity contribution in [3.63, 3.8) is 0 Å². The number of nitrogens with one attached hydrogen (secondary N) is 1. The van der Waals surface area contributed by atoms with Crippen LogP contribution >= 0.6 is 11.3 Å². The first-order valence-corrected chi connectivity index (χ1v) is 7.82. The van der Waals surface area contributed by atoms with E-state index in [4.69, 9.17) is 5.11 Å². The summed E-state index contributed by atoms with van der Waals surface area (Å²) in [7, 11) is -3.89. The summed E-state index contributed by atoms with van der Waals surface area (Å²) < 4.78 is 25.8. The van der Waals surface area contributed by atoms with Gasteiger partial charge in [0.05, 0.1) is 6.04 Å². The zero-order valence-corrected chi connectivity index (χ0v) is 12.0. The summed E-state index contributed by atoms with van der Waals surface area (Å²) >= 11 is 1.42. The molecule has 18 heavy (non-hydrogen) atoms. The minimum Gasteiger partial charge on any atom is -0.480 e. The lowest BCUT2D eigenvalue weighted by Crippen LogP contribution is -2.38. The normalized spacial score (nSPS) is 15.3. The van der Waals surface area contributed by atoms with Crippen molar-refractivity contribution < 1.29 is 18.3 Å². The highest BCUT2D eigenvalue weighted by atomic mass is 32.2. The number of nitrogens with zero attached hydrogens (tertiary/aromatic N) is 1. The highest BCUT2D eigenvalue weighted by Crippen LogP contribution is 2.21. The number of hydrogen-bond donors (Lipinski definition) is 2. The number of carbonyl (C=O) groups is 1. The smallest absolute Gasteiger partial charge is 0.323 e. The van der Waals surface area contributed by atoms with E-state index in [1.807, 2.05) is 6.92 Å². The van der Waals surface area contributed by atoms with E-state index in [1.165, 1.54) is 11.3 Å². The molecule has 6 nitrogen and oxygen atoms in total. The molecule has 0 saturated heterocycles. The van der Waals surface area contributed by atoms with Crippen LogP contribution in [0.3, 0.4) is 0 Å². The van der Waals surface area contributed by atoms with Crippen LogP contribution in [0.15, 0.2) is 6.20 Å². The summed E-state index contributed by atoms with van der Waals surface area (Å²) in [5.74, 6) is -1.37. The molecule has 2 N–H and O–H groups in total. The van der Waals surface area contributed by atoms with Gasteiger partial charge in [-0.2, -0.15) is 0 Å². The second-order valence-electron chi connectivity index (χ2n) is 3.88. The SMILES string of the molecule is CCc1cnc(C(C)NS(=O)(=O)C(C)C(=O)O)s1. The fraction of sp³-hybridized carbons (Fsp3) is 0.600. The number of hydrogen-bond acceptors (Lipinski definition) is 5. The summed E-state index contributed by atoms with van der Waals surface area (Å²) in [5.41, 5.74) is 0. The van der Waals surface area contributed by atoms with Gasteiger partial charge in [-0.25, -0.2) is 18.1 Å². The number of aryl methyl sites for hydroxylation is 1. The number of rotatable bonds is 6. The van der Waals surface area contributed by atoms with Gasteiger partial charge in [0, 0.05) is 11.1 Å². The van der Waals surface area contributed by atoms with E-state index in [9.17, 15) is 13.2 Å². The molecule has 1 aromatic rings. The average Bonchev–Trinajstić information content (AvgIpc) is 2.75. The summed E-state index contributed by atoms with van der Waals surface area (Å²) in [5, 5.41) is 7.86. The van der Waals surface area contributed by atoms with Crippen molar-refractivity contribution >= 4 is 27.3 Å². The fourth-order valence-corrected chi connectivity index (χ4v) is 3.23. The van der Waals surface area contributed by atoms with Crippen LogP contribution in [0, 0.1) is 0 Å². The number of sulfonamides is 1. The lowest BCUT2D eigenvalue weighted by Gasteiger charge is -2.14. The molecule has 1 heterocycles. The van der Waals surface area contributed by atoms with Crippen molar-refractivity contribution in [1.82, 2.24) is 9.71 Å². The van der Waals surface area contributed by atoms with Gasteiger partial charge in [-0.05, 0) is 20.3 Å². The van der Waals surface area contributed by atoms with Crippen LogP contribution < -0.4 is 4.72 Å². The second kappa shape index (κ2) is 5.77. The van der Waals surface area contributed by atoms with Gasteiger partial charge in [-0.15, -0.1) is 11.3 Å². The van der Waals surface area contributed by atoms with Gasteiger partial charge >= 0.3 is 5.97 Å². The molecule has 0 aliphatic heterocycles. The Hall–Kier alpha value is -0.990. The molecule has 0 aromatic carbocycles. The molecular weight excluding hydrogens is 276 g/mol. The molecule has 2 unspecified atom stereocenters. The molecule has 0 spiro atoms. The van der Waals surface area contributed by atoms with E-state index >= 15 is 0 Å². The average molecular weight is 292 g/mol. The van der Waals surface area contributed by atoms with E-state index in [-0.39, 0.29) is 0 Å². The molecule has 8 heteroatoms. The molecule has 0 radical (unpaired) electrons. The Balaban J connectivity index is 2.81. The monoisotopic (exact) mass is 292 g/mol. The third-order valence-corrected chi connectivity index (χ3v) is 5.58. The van der Waals surface area contributed by atoms with Crippen molar-refractivity contribution in [2.24, 2.45) is 0 Å². The Morgan fingerprint density at radius 2 is 2.17 bits per heavy atom. The highest BCUT2D eigenvalue weighted by Gasteiger charge is 2.29. The molecule has 0 saturated carbocycles. The zero-order valence-electron chi connectivity index (χ0n) is 10.4. The number of thiazole rings is 1. The Kier molecular flexibility index (Phi) is 4.83. The van der Waals surface area contributed by atoms with Gasteiger partial charge in [0.15, 0.2) is 5.25 Å². The Labute approximate surface area is 110 Å². The van der Waals surface area contributed by atoms with Crippen LogP contribution in [0.25, 0.3) is 0 Å². The summed E-state index contributed by atoms with van der Waals surface area (Å²) in [6, 6.07) is -0.526. The molecule has 2 atom stereocenters. The van der Waals surface area contributed by atoms with Crippen LogP contribution in [0.1, 0.15) is 36.7 Å². The molecule has 0 fully saturated rings. The van der Waals surface area contributed by atoms with Crippen molar-refractivity contribution in [3.05, 3.63) is 16.1 Å². The van der Waals surface area contributed by atoms with Crippen LogP contribution in [0.4, 0.5) is 0 Å². The Bertz CT molecular complexity index is 524. The molecule has 1 aromatic heterocycles. The van der Waals surface area contributed by atoms with E-state index in [0.717, 1.165) is 18.2 Å². The van der Waals surface area contributed by atoms with Crippen molar-refractivity contribution in [3.8, 4) is 0 Å². The third-order valence-electron chi connectivity index (χ3n) is 2.44. The summed E-state index contributed by atoms with van der Waals surface area (Å²) in [6.07, 6.45) is 2.54. The molecule has 0 bridgehead atoms. The topological polar surface area (TPSA) is 96.4 Å². The minimum absolute atomic E-state index is 0.526. The van der Waals surface area contributed by atoms with E-state index in [0.29, 0.717) is 5.01 Å². The van der Waals surface area contributed by atoms with Gasteiger partial charge in [-0.1, -0.05) is 6.92 Å². The largest absolute Gasteiger partial charge is 0.480 e. The van der Waals surface area contributed by atoms with E-state index < -0.39 is 27.3 Å². The predicted octanol–water partition coefficient (Wildman–Crippen LogP) is 1.16.